The van der Waals surface area contributed by atoms with Gasteiger partial charge in [-0.2, -0.15) is 0 Å². The SMILES string of the molecule is CC(C)(C)NCC(=O)Nc1ccc(OC(F)(F)F)cc1. The van der Waals surface area contributed by atoms with Crippen LogP contribution in [-0.4, -0.2) is 24.4 Å². The Morgan fingerprint density at radius 3 is 2.15 bits per heavy atom. The third-order valence-corrected chi connectivity index (χ3v) is 2.15. The molecule has 1 amide bonds. The number of alkyl halides is 3. The van der Waals surface area contributed by atoms with Gasteiger partial charge in [0.2, 0.25) is 5.91 Å². The van der Waals surface area contributed by atoms with Gasteiger partial charge in [0.05, 0.1) is 6.54 Å². The molecule has 2 N–H and O–H groups in total. The van der Waals surface area contributed by atoms with Crippen LogP contribution < -0.4 is 15.4 Å². The second-order valence-electron chi connectivity index (χ2n) is 5.22. The summed E-state index contributed by atoms with van der Waals surface area (Å²) in [6, 6.07) is 4.96. The number of hydrogen-bond acceptors (Lipinski definition) is 3. The lowest BCUT2D eigenvalue weighted by Crippen LogP contribution is -2.41. The Labute approximate surface area is 115 Å². The van der Waals surface area contributed by atoms with Gasteiger partial charge < -0.3 is 15.4 Å². The summed E-state index contributed by atoms with van der Waals surface area (Å²) in [5.41, 5.74) is 0.210. The second kappa shape index (κ2) is 6.13. The van der Waals surface area contributed by atoms with Crippen molar-refractivity contribution in [3.63, 3.8) is 0 Å². The van der Waals surface area contributed by atoms with E-state index in [1.54, 1.807) is 0 Å². The average Bonchev–Trinajstić information content (AvgIpc) is 2.26. The van der Waals surface area contributed by atoms with Crippen LogP contribution in [0, 0.1) is 0 Å². The Balaban J connectivity index is 2.51. The molecule has 0 aliphatic heterocycles. The van der Waals surface area contributed by atoms with Crippen LogP contribution in [0.15, 0.2) is 24.3 Å². The van der Waals surface area contributed by atoms with Crippen molar-refractivity contribution in [3.8, 4) is 5.75 Å². The minimum atomic E-state index is -4.72. The highest BCUT2D eigenvalue weighted by Gasteiger charge is 2.30. The molecule has 4 nitrogen and oxygen atoms in total. The largest absolute Gasteiger partial charge is 0.573 e. The first-order valence-corrected chi connectivity index (χ1v) is 5.96. The van der Waals surface area contributed by atoms with Crippen LogP contribution >= 0.6 is 0 Å². The van der Waals surface area contributed by atoms with Crippen molar-refractivity contribution >= 4 is 11.6 Å². The molecule has 0 bridgehead atoms. The number of amides is 1. The first-order chi connectivity index (χ1) is 9.05. The number of carbonyl (C=O) groups excluding carboxylic acids is 1. The van der Waals surface area contributed by atoms with Crippen LogP contribution in [0.25, 0.3) is 0 Å². The quantitative estimate of drug-likeness (QED) is 0.896. The zero-order chi connectivity index (χ0) is 15.4. The minimum Gasteiger partial charge on any atom is -0.406 e. The molecular weight excluding hydrogens is 273 g/mol. The highest BCUT2D eigenvalue weighted by atomic mass is 19.4. The summed E-state index contributed by atoms with van der Waals surface area (Å²) in [7, 11) is 0. The van der Waals surface area contributed by atoms with Crippen molar-refractivity contribution < 1.29 is 22.7 Å². The molecule has 7 heteroatoms. The molecular formula is C13H17F3N2O2. The first-order valence-electron chi connectivity index (χ1n) is 5.96. The summed E-state index contributed by atoms with van der Waals surface area (Å²) < 4.78 is 39.6. The lowest BCUT2D eigenvalue weighted by Gasteiger charge is -2.20. The smallest absolute Gasteiger partial charge is 0.406 e. The minimum absolute atomic E-state index is 0.115. The van der Waals surface area contributed by atoms with E-state index in [-0.39, 0.29) is 23.7 Å². The third-order valence-electron chi connectivity index (χ3n) is 2.15. The van der Waals surface area contributed by atoms with E-state index >= 15 is 0 Å². The Bertz CT molecular complexity index is 450. The molecule has 0 radical (unpaired) electrons. The highest BCUT2D eigenvalue weighted by molar-refractivity contribution is 5.92. The molecule has 0 atom stereocenters. The van der Waals surface area contributed by atoms with Crippen LogP contribution in [0.1, 0.15) is 20.8 Å². The molecule has 0 aliphatic carbocycles. The van der Waals surface area contributed by atoms with E-state index in [4.69, 9.17) is 0 Å². The predicted molar refractivity (Wildman–Crippen MR) is 69.5 cm³/mol. The number of halogens is 3. The zero-order valence-corrected chi connectivity index (χ0v) is 11.5. The highest BCUT2D eigenvalue weighted by Crippen LogP contribution is 2.23. The van der Waals surface area contributed by atoms with Crippen molar-refractivity contribution in [1.82, 2.24) is 5.32 Å². The number of ether oxygens (including phenoxy) is 1. The Kier molecular flexibility index (Phi) is 4.99. The van der Waals surface area contributed by atoms with Gasteiger partial charge in [-0.1, -0.05) is 0 Å². The summed E-state index contributed by atoms with van der Waals surface area (Å²) in [6.07, 6.45) is -4.72. The molecule has 1 aromatic rings. The molecule has 1 aromatic carbocycles. The van der Waals surface area contributed by atoms with Crippen molar-refractivity contribution in [2.75, 3.05) is 11.9 Å². The monoisotopic (exact) mass is 290 g/mol. The van der Waals surface area contributed by atoms with E-state index in [2.05, 4.69) is 15.4 Å². The molecule has 0 saturated heterocycles. The number of hydrogen-bond donors (Lipinski definition) is 2. The zero-order valence-electron chi connectivity index (χ0n) is 11.5. The average molecular weight is 290 g/mol. The summed E-state index contributed by atoms with van der Waals surface area (Å²) in [6.45, 7) is 5.88. The van der Waals surface area contributed by atoms with Crippen LogP contribution in [0.4, 0.5) is 18.9 Å². The molecule has 0 heterocycles. The Hall–Kier alpha value is -1.76. The number of nitrogens with one attached hydrogen (secondary N) is 2. The summed E-state index contributed by atoms with van der Waals surface area (Å²) >= 11 is 0. The fourth-order valence-corrected chi connectivity index (χ4v) is 1.29. The second-order valence-corrected chi connectivity index (χ2v) is 5.22. The van der Waals surface area contributed by atoms with Crippen molar-refractivity contribution in [2.24, 2.45) is 0 Å². The van der Waals surface area contributed by atoms with Crippen LogP contribution in [0.2, 0.25) is 0 Å². The molecule has 0 saturated carbocycles. The fourth-order valence-electron chi connectivity index (χ4n) is 1.29. The normalized spacial score (nSPS) is 12.1. The van der Waals surface area contributed by atoms with Gasteiger partial charge in [-0.3, -0.25) is 4.79 Å². The van der Waals surface area contributed by atoms with E-state index in [1.165, 1.54) is 12.1 Å². The van der Waals surface area contributed by atoms with Crippen LogP contribution in [0.3, 0.4) is 0 Å². The van der Waals surface area contributed by atoms with Crippen molar-refractivity contribution in [1.29, 1.82) is 0 Å². The van der Waals surface area contributed by atoms with Crippen LogP contribution in [0.5, 0.6) is 5.75 Å². The molecule has 20 heavy (non-hydrogen) atoms. The maximum atomic E-state index is 12.0. The van der Waals surface area contributed by atoms with E-state index < -0.39 is 6.36 Å². The molecule has 0 spiro atoms. The van der Waals surface area contributed by atoms with Gasteiger partial charge in [0.15, 0.2) is 0 Å². The summed E-state index contributed by atoms with van der Waals surface area (Å²) in [4.78, 5) is 11.6. The summed E-state index contributed by atoms with van der Waals surface area (Å²) in [5.74, 6) is -0.604. The molecule has 1 rings (SSSR count). The van der Waals surface area contributed by atoms with E-state index in [0.29, 0.717) is 5.69 Å². The van der Waals surface area contributed by atoms with Gasteiger partial charge in [-0.15, -0.1) is 13.2 Å². The maximum Gasteiger partial charge on any atom is 0.573 e. The van der Waals surface area contributed by atoms with E-state index in [0.717, 1.165) is 12.1 Å². The van der Waals surface area contributed by atoms with Gasteiger partial charge in [-0.25, -0.2) is 0 Å². The third kappa shape index (κ3) is 6.98. The number of rotatable bonds is 4. The Morgan fingerprint density at radius 1 is 1.15 bits per heavy atom. The number of carbonyl (C=O) groups is 1. The molecule has 0 unspecified atom stereocenters. The van der Waals surface area contributed by atoms with Gasteiger partial charge >= 0.3 is 6.36 Å². The molecule has 0 aromatic heterocycles. The molecule has 0 fully saturated rings. The van der Waals surface area contributed by atoms with E-state index in [9.17, 15) is 18.0 Å². The predicted octanol–water partition coefficient (Wildman–Crippen LogP) is 2.91. The first kappa shape index (κ1) is 16.3. The Morgan fingerprint density at radius 2 is 1.70 bits per heavy atom. The standard InChI is InChI=1S/C13H17F3N2O2/c1-12(2,3)17-8-11(19)18-9-4-6-10(7-5-9)20-13(14,15)16/h4-7,17H,8H2,1-3H3,(H,18,19). The molecule has 0 aliphatic rings. The van der Waals surface area contributed by atoms with Crippen molar-refractivity contribution in [2.45, 2.75) is 32.7 Å². The van der Waals surface area contributed by atoms with Gasteiger partial charge in [0.1, 0.15) is 5.75 Å². The number of anilines is 1. The fraction of sp³-hybridized carbons (Fsp3) is 0.462. The maximum absolute atomic E-state index is 12.0. The van der Waals surface area contributed by atoms with Crippen molar-refractivity contribution in [3.05, 3.63) is 24.3 Å². The van der Waals surface area contributed by atoms with E-state index in [1.807, 2.05) is 20.8 Å². The lowest BCUT2D eigenvalue weighted by molar-refractivity contribution is -0.274. The number of benzene rings is 1. The molecule has 112 valence electrons. The van der Waals surface area contributed by atoms with Gasteiger partial charge in [0, 0.05) is 11.2 Å². The van der Waals surface area contributed by atoms with Gasteiger partial charge in [0.25, 0.3) is 0 Å². The van der Waals surface area contributed by atoms with Crippen LogP contribution in [-0.2, 0) is 4.79 Å². The lowest BCUT2D eigenvalue weighted by atomic mass is 10.1. The summed E-state index contributed by atoms with van der Waals surface area (Å²) in [5, 5.41) is 5.57. The topological polar surface area (TPSA) is 50.4 Å². The van der Waals surface area contributed by atoms with Gasteiger partial charge in [-0.05, 0) is 45.0 Å².